The molecule has 4 nitrogen and oxygen atoms in total. The first-order valence-electron chi connectivity index (χ1n) is 7.74. The first-order valence-corrected chi connectivity index (χ1v) is 7.74. The van der Waals surface area contributed by atoms with Crippen LogP contribution in [0.1, 0.15) is 63.4 Å². The summed E-state index contributed by atoms with van der Waals surface area (Å²) in [4.78, 5) is 10.5. The molecule has 0 aliphatic carbocycles. The number of nitrogens with one attached hydrogen (secondary N) is 1. The molecular formula is C16H24N2O2. The number of hydrogen-bond donors (Lipinski definition) is 1. The molecule has 2 rings (SSSR count). The van der Waals surface area contributed by atoms with Crippen LogP contribution in [0.4, 0.5) is 11.4 Å². The van der Waals surface area contributed by atoms with E-state index in [9.17, 15) is 10.1 Å². The second kappa shape index (κ2) is 7.27. The molecule has 0 spiro atoms. The fourth-order valence-corrected chi connectivity index (χ4v) is 2.93. The highest BCUT2D eigenvalue weighted by molar-refractivity contribution is 5.61. The molecule has 4 heteroatoms. The first-order chi connectivity index (χ1) is 9.72. The topological polar surface area (TPSA) is 55.2 Å². The van der Waals surface area contributed by atoms with E-state index in [1.807, 2.05) is 6.07 Å². The predicted octanol–water partition coefficient (Wildman–Crippen LogP) is 4.85. The highest BCUT2D eigenvalue weighted by Gasteiger charge is 2.23. The quantitative estimate of drug-likeness (QED) is 0.419. The van der Waals surface area contributed by atoms with Crippen molar-refractivity contribution >= 4 is 11.4 Å². The van der Waals surface area contributed by atoms with E-state index in [1.54, 1.807) is 12.1 Å². The SMILES string of the molecule is CCCCCCCCC1CNc2ccc([N+](=O)[O-])cc21. The number of nitro groups is 1. The van der Waals surface area contributed by atoms with Crippen LogP contribution in [-0.4, -0.2) is 11.5 Å². The summed E-state index contributed by atoms with van der Waals surface area (Å²) in [5.74, 6) is 0.441. The van der Waals surface area contributed by atoms with Crippen molar-refractivity contribution in [2.24, 2.45) is 0 Å². The molecule has 1 aliphatic rings. The van der Waals surface area contributed by atoms with Gasteiger partial charge in [-0.15, -0.1) is 0 Å². The fraction of sp³-hybridized carbons (Fsp3) is 0.625. The molecule has 0 saturated carbocycles. The average Bonchev–Trinajstić information content (AvgIpc) is 2.85. The first kappa shape index (κ1) is 14.8. The van der Waals surface area contributed by atoms with Gasteiger partial charge in [0.05, 0.1) is 4.92 Å². The van der Waals surface area contributed by atoms with Crippen LogP contribution >= 0.6 is 0 Å². The summed E-state index contributed by atoms with van der Waals surface area (Å²) < 4.78 is 0. The monoisotopic (exact) mass is 276 g/mol. The standard InChI is InChI=1S/C16H24N2O2/c1-2-3-4-5-6-7-8-13-12-17-16-10-9-14(18(19)20)11-15(13)16/h9-11,13,17H,2-8,12H2,1H3. The number of hydrogen-bond acceptors (Lipinski definition) is 3. The zero-order chi connectivity index (χ0) is 14.4. The van der Waals surface area contributed by atoms with E-state index < -0.39 is 0 Å². The maximum Gasteiger partial charge on any atom is 0.269 e. The van der Waals surface area contributed by atoms with E-state index in [0.29, 0.717) is 5.92 Å². The maximum atomic E-state index is 10.9. The van der Waals surface area contributed by atoms with Crippen LogP contribution in [0, 0.1) is 10.1 Å². The van der Waals surface area contributed by atoms with Crippen LogP contribution in [-0.2, 0) is 0 Å². The summed E-state index contributed by atoms with van der Waals surface area (Å²) in [6, 6.07) is 5.17. The molecule has 110 valence electrons. The van der Waals surface area contributed by atoms with E-state index in [2.05, 4.69) is 12.2 Å². The van der Waals surface area contributed by atoms with Crippen molar-refractivity contribution in [2.45, 2.75) is 57.8 Å². The van der Waals surface area contributed by atoms with Gasteiger partial charge in [-0.05, 0) is 18.1 Å². The van der Waals surface area contributed by atoms with Crippen LogP contribution in [0.3, 0.4) is 0 Å². The molecule has 1 aromatic carbocycles. The van der Waals surface area contributed by atoms with Crippen LogP contribution in [0.25, 0.3) is 0 Å². The Morgan fingerprint density at radius 3 is 2.75 bits per heavy atom. The van der Waals surface area contributed by atoms with Crippen molar-refractivity contribution in [3.05, 3.63) is 33.9 Å². The molecule has 0 radical (unpaired) electrons. The largest absolute Gasteiger partial charge is 0.384 e. The smallest absolute Gasteiger partial charge is 0.269 e. The van der Waals surface area contributed by atoms with Gasteiger partial charge in [0.25, 0.3) is 5.69 Å². The van der Waals surface area contributed by atoms with Gasteiger partial charge in [-0.25, -0.2) is 0 Å². The van der Waals surface area contributed by atoms with Gasteiger partial charge in [0.1, 0.15) is 0 Å². The van der Waals surface area contributed by atoms with Crippen molar-refractivity contribution in [1.82, 2.24) is 0 Å². The average molecular weight is 276 g/mol. The number of unbranched alkanes of at least 4 members (excludes halogenated alkanes) is 5. The van der Waals surface area contributed by atoms with Crippen LogP contribution in [0.15, 0.2) is 18.2 Å². The van der Waals surface area contributed by atoms with Crippen LogP contribution in [0.5, 0.6) is 0 Å². The Morgan fingerprint density at radius 2 is 2.00 bits per heavy atom. The fourth-order valence-electron chi connectivity index (χ4n) is 2.93. The molecule has 0 fully saturated rings. The zero-order valence-corrected chi connectivity index (χ0v) is 12.2. The van der Waals surface area contributed by atoms with Crippen molar-refractivity contribution in [2.75, 3.05) is 11.9 Å². The van der Waals surface area contributed by atoms with Crippen molar-refractivity contribution in [1.29, 1.82) is 0 Å². The van der Waals surface area contributed by atoms with Crippen molar-refractivity contribution in [3.8, 4) is 0 Å². The summed E-state index contributed by atoms with van der Waals surface area (Å²) in [6.07, 6.45) is 8.90. The van der Waals surface area contributed by atoms with E-state index in [0.717, 1.165) is 24.2 Å². The van der Waals surface area contributed by atoms with Gasteiger partial charge in [-0.2, -0.15) is 0 Å². The Kier molecular flexibility index (Phi) is 5.39. The molecule has 1 unspecified atom stereocenters. The van der Waals surface area contributed by atoms with E-state index in [-0.39, 0.29) is 10.6 Å². The van der Waals surface area contributed by atoms with Gasteiger partial charge in [-0.3, -0.25) is 10.1 Å². The Morgan fingerprint density at radius 1 is 1.25 bits per heavy atom. The summed E-state index contributed by atoms with van der Waals surface area (Å²) in [5.41, 5.74) is 2.42. The van der Waals surface area contributed by atoms with E-state index in [1.165, 1.54) is 38.5 Å². The summed E-state index contributed by atoms with van der Waals surface area (Å²) in [7, 11) is 0. The second-order valence-electron chi connectivity index (χ2n) is 5.66. The third-order valence-electron chi connectivity index (χ3n) is 4.13. The van der Waals surface area contributed by atoms with Gasteiger partial charge in [0.15, 0.2) is 0 Å². The number of nitrogens with zero attached hydrogens (tertiary/aromatic N) is 1. The number of non-ortho nitro benzene ring substituents is 1. The summed E-state index contributed by atoms with van der Waals surface area (Å²) in [6.45, 7) is 3.15. The van der Waals surface area contributed by atoms with Gasteiger partial charge in [0.2, 0.25) is 0 Å². The van der Waals surface area contributed by atoms with Crippen molar-refractivity contribution in [3.63, 3.8) is 0 Å². The lowest BCUT2D eigenvalue weighted by Gasteiger charge is -2.09. The lowest BCUT2D eigenvalue weighted by atomic mass is 9.94. The molecule has 1 N–H and O–H groups in total. The molecule has 0 bridgehead atoms. The number of anilines is 1. The molecule has 1 aromatic rings. The van der Waals surface area contributed by atoms with E-state index in [4.69, 9.17) is 0 Å². The highest BCUT2D eigenvalue weighted by atomic mass is 16.6. The Bertz CT molecular complexity index is 460. The second-order valence-corrected chi connectivity index (χ2v) is 5.66. The predicted molar refractivity (Wildman–Crippen MR) is 82.3 cm³/mol. The Balaban J connectivity index is 1.84. The molecule has 0 aromatic heterocycles. The van der Waals surface area contributed by atoms with Gasteiger partial charge in [0, 0.05) is 30.3 Å². The normalized spacial score (nSPS) is 16.8. The molecule has 1 heterocycles. The molecule has 0 amide bonds. The third-order valence-corrected chi connectivity index (χ3v) is 4.13. The third kappa shape index (κ3) is 3.71. The number of nitro benzene ring substituents is 1. The molecule has 1 atom stereocenters. The Hall–Kier alpha value is -1.58. The summed E-state index contributed by atoms with van der Waals surface area (Å²) in [5, 5.41) is 14.2. The minimum atomic E-state index is -0.305. The van der Waals surface area contributed by atoms with E-state index >= 15 is 0 Å². The molecular weight excluding hydrogens is 252 g/mol. The lowest BCUT2D eigenvalue weighted by Crippen LogP contribution is -2.02. The van der Waals surface area contributed by atoms with Crippen LogP contribution in [0.2, 0.25) is 0 Å². The maximum absolute atomic E-state index is 10.9. The summed E-state index contributed by atoms with van der Waals surface area (Å²) >= 11 is 0. The highest BCUT2D eigenvalue weighted by Crippen LogP contribution is 2.37. The minimum Gasteiger partial charge on any atom is -0.384 e. The Labute approximate surface area is 120 Å². The van der Waals surface area contributed by atoms with Crippen LogP contribution < -0.4 is 5.32 Å². The van der Waals surface area contributed by atoms with Gasteiger partial charge < -0.3 is 5.32 Å². The van der Waals surface area contributed by atoms with Crippen molar-refractivity contribution < 1.29 is 4.92 Å². The minimum absolute atomic E-state index is 0.209. The molecule has 1 aliphatic heterocycles. The zero-order valence-electron chi connectivity index (χ0n) is 12.2. The van der Waals surface area contributed by atoms with Gasteiger partial charge in [-0.1, -0.05) is 45.4 Å². The van der Waals surface area contributed by atoms with Gasteiger partial charge >= 0.3 is 0 Å². The molecule has 20 heavy (non-hydrogen) atoms. The molecule has 0 saturated heterocycles. The number of fused-ring (bicyclic) bond motifs is 1. The lowest BCUT2D eigenvalue weighted by molar-refractivity contribution is -0.384. The number of rotatable bonds is 8. The number of benzene rings is 1.